The zero-order valence-corrected chi connectivity index (χ0v) is 21.0. The van der Waals surface area contributed by atoms with Crippen molar-refractivity contribution < 1.29 is 13.9 Å². The van der Waals surface area contributed by atoms with E-state index in [1.54, 1.807) is 6.07 Å². The van der Waals surface area contributed by atoms with E-state index in [1.807, 2.05) is 36.4 Å². The molecule has 0 saturated heterocycles. The molecule has 1 aromatic heterocycles. The molecule has 1 amide bonds. The van der Waals surface area contributed by atoms with Gasteiger partial charge in [0.25, 0.3) is 11.8 Å². The Morgan fingerprint density at radius 1 is 1.11 bits per heavy atom. The molecule has 2 aromatic carbocycles. The second-order valence-corrected chi connectivity index (χ2v) is 9.01. The Hall–Kier alpha value is -3.71. The molecule has 1 aliphatic rings. The van der Waals surface area contributed by atoms with E-state index in [-0.39, 0.29) is 12.5 Å². The Morgan fingerprint density at radius 2 is 1.89 bits per heavy atom. The first-order valence-electron chi connectivity index (χ1n) is 12.6. The van der Waals surface area contributed by atoms with Gasteiger partial charge in [0.15, 0.2) is 6.61 Å². The van der Waals surface area contributed by atoms with Crippen molar-refractivity contribution in [2.45, 2.75) is 33.2 Å². The van der Waals surface area contributed by atoms with Crippen molar-refractivity contribution in [3.63, 3.8) is 0 Å². The van der Waals surface area contributed by atoms with Crippen molar-refractivity contribution >= 4 is 11.5 Å². The van der Waals surface area contributed by atoms with Crippen molar-refractivity contribution in [2.75, 3.05) is 26.2 Å². The maximum absolute atomic E-state index is 12.4. The normalized spacial score (nSPS) is 15.1. The van der Waals surface area contributed by atoms with Crippen LogP contribution in [0.1, 0.15) is 38.1 Å². The molecule has 188 valence electrons. The van der Waals surface area contributed by atoms with E-state index in [1.165, 1.54) is 5.56 Å². The number of carbonyl (C=O) groups excluding carboxylic acids is 1. The fourth-order valence-corrected chi connectivity index (χ4v) is 4.15. The van der Waals surface area contributed by atoms with E-state index in [2.05, 4.69) is 64.6 Å². The van der Waals surface area contributed by atoms with Gasteiger partial charge in [-0.05, 0) is 43.0 Å². The average Bonchev–Trinajstić information content (AvgIpc) is 3.40. The highest BCUT2D eigenvalue weighted by Crippen LogP contribution is 2.32. The van der Waals surface area contributed by atoms with Crippen molar-refractivity contribution in [1.29, 1.82) is 0 Å². The number of nitrogens with one attached hydrogen (secondary N) is 1. The molecule has 0 fully saturated rings. The molecule has 1 heterocycles. The lowest BCUT2D eigenvalue weighted by molar-refractivity contribution is -0.123. The molecule has 7 nitrogen and oxygen atoms in total. The number of nitrogens with zero attached hydrogens (tertiary/aromatic N) is 3. The lowest BCUT2D eigenvalue weighted by atomic mass is 9.96. The number of allylic oxidation sites excluding steroid dienone is 4. The molecule has 0 bridgehead atoms. The second-order valence-electron chi connectivity index (χ2n) is 9.01. The molecule has 36 heavy (non-hydrogen) atoms. The first-order chi connectivity index (χ1) is 17.6. The lowest BCUT2D eigenvalue weighted by Gasteiger charge is -2.20. The van der Waals surface area contributed by atoms with Crippen LogP contribution in [-0.2, 0) is 11.3 Å². The van der Waals surface area contributed by atoms with Crippen LogP contribution in [0.5, 0.6) is 5.75 Å². The van der Waals surface area contributed by atoms with Gasteiger partial charge in [0.05, 0.1) is 5.56 Å². The van der Waals surface area contributed by atoms with E-state index >= 15 is 0 Å². The first-order valence-corrected chi connectivity index (χ1v) is 12.6. The Balaban J connectivity index is 1.25. The van der Waals surface area contributed by atoms with E-state index in [9.17, 15) is 4.79 Å². The fraction of sp³-hybridized carbons (Fsp3) is 0.345. The topological polar surface area (TPSA) is 80.5 Å². The molecule has 1 N–H and O–H groups in total. The van der Waals surface area contributed by atoms with Crippen LogP contribution in [-0.4, -0.2) is 47.2 Å². The highest BCUT2D eigenvalue weighted by Gasteiger charge is 2.18. The Labute approximate surface area is 212 Å². The number of para-hydroxylation sites is 1. The van der Waals surface area contributed by atoms with Crippen molar-refractivity contribution in [3.05, 3.63) is 84.3 Å². The number of amides is 1. The van der Waals surface area contributed by atoms with Crippen LogP contribution in [0.2, 0.25) is 0 Å². The fourth-order valence-electron chi connectivity index (χ4n) is 4.15. The Morgan fingerprint density at radius 3 is 2.69 bits per heavy atom. The summed E-state index contributed by atoms with van der Waals surface area (Å²) in [5, 5.41) is 11.4. The highest BCUT2D eigenvalue weighted by atomic mass is 16.5. The van der Waals surface area contributed by atoms with E-state index < -0.39 is 0 Å². The maximum atomic E-state index is 12.4. The van der Waals surface area contributed by atoms with Crippen molar-refractivity contribution in [1.82, 2.24) is 20.4 Å². The van der Waals surface area contributed by atoms with Gasteiger partial charge in [-0.25, -0.2) is 0 Å². The summed E-state index contributed by atoms with van der Waals surface area (Å²) in [6.07, 6.45) is 7.91. The highest BCUT2D eigenvalue weighted by molar-refractivity contribution is 5.78. The van der Waals surface area contributed by atoms with Gasteiger partial charge in [-0.2, -0.15) is 0 Å². The summed E-state index contributed by atoms with van der Waals surface area (Å²) in [6, 6.07) is 17.8. The molecule has 1 aliphatic carbocycles. The summed E-state index contributed by atoms with van der Waals surface area (Å²) < 4.78 is 11.8. The Kier molecular flexibility index (Phi) is 9.05. The molecule has 3 aromatic rings. The zero-order valence-electron chi connectivity index (χ0n) is 21.0. The molecule has 0 radical (unpaired) electrons. The number of hydrogen-bond acceptors (Lipinski definition) is 6. The predicted octanol–water partition coefficient (Wildman–Crippen LogP) is 5.12. The third-order valence-corrected chi connectivity index (χ3v) is 6.12. The number of rotatable bonds is 12. The van der Waals surface area contributed by atoms with Crippen LogP contribution in [0.4, 0.5) is 0 Å². The summed E-state index contributed by atoms with van der Waals surface area (Å²) in [5.41, 5.74) is 2.99. The molecule has 0 saturated carbocycles. The lowest BCUT2D eigenvalue weighted by Crippen LogP contribution is -2.32. The molecule has 1 unspecified atom stereocenters. The van der Waals surface area contributed by atoms with Crippen LogP contribution in [0, 0.1) is 5.92 Å². The van der Waals surface area contributed by atoms with Gasteiger partial charge in [0, 0.05) is 25.2 Å². The summed E-state index contributed by atoms with van der Waals surface area (Å²) in [6.45, 7) is 7.63. The second kappa shape index (κ2) is 12.8. The minimum atomic E-state index is -0.157. The number of benzene rings is 2. The Bertz CT molecular complexity index is 1190. The average molecular weight is 487 g/mol. The zero-order chi connectivity index (χ0) is 25.2. The molecule has 0 aliphatic heterocycles. The van der Waals surface area contributed by atoms with Gasteiger partial charge >= 0.3 is 0 Å². The number of carbonyl (C=O) groups is 1. The predicted molar refractivity (Wildman–Crippen MR) is 141 cm³/mol. The molecule has 7 heteroatoms. The third kappa shape index (κ3) is 7.15. The van der Waals surface area contributed by atoms with E-state index in [0.717, 1.165) is 38.0 Å². The number of ether oxygens (including phenoxy) is 1. The van der Waals surface area contributed by atoms with Crippen molar-refractivity contribution in [3.8, 4) is 17.2 Å². The molecular formula is C29H34N4O3. The van der Waals surface area contributed by atoms with Gasteiger partial charge in [-0.15, -0.1) is 10.2 Å². The number of aromatic nitrogens is 2. The SMILES string of the molecule is CCN(CCCNC(=O)COc1ccccc1-c1nnc(C2=CC=CC(C)C2)o1)Cc1ccccc1. The van der Waals surface area contributed by atoms with Gasteiger partial charge in [-0.1, -0.05) is 74.5 Å². The van der Waals surface area contributed by atoms with Crippen molar-refractivity contribution in [2.24, 2.45) is 5.92 Å². The summed E-state index contributed by atoms with van der Waals surface area (Å²) in [5.74, 6) is 1.71. The number of hydrogen-bond donors (Lipinski definition) is 1. The minimum absolute atomic E-state index is 0.0764. The van der Waals surface area contributed by atoms with E-state index in [0.29, 0.717) is 35.6 Å². The quantitative estimate of drug-likeness (QED) is 0.358. The van der Waals surface area contributed by atoms with Gasteiger partial charge in [0.1, 0.15) is 5.75 Å². The summed E-state index contributed by atoms with van der Waals surface area (Å²) in [4.78, 5) is 14.8. The first kappa shape index (κ1) is 25.4. The third-order valence-electron chi connectivity index (χ3n) is 6.12. The standard InChI is InChI=1S/C29H34N4O3/c1-3-33(20-23-12-5-4-6-13-23)18-10-17-30-27(34)21-35-26-16-8-7-15-25(26)29-32-31-28(36-29)24-14-9-11-22(2)19-24/h4-9,11-16,22H,3,10,17-21H2,1-2H3,(H,30,34). The van der Waals surface area contributed by atoms with Gasteiger partial charge in [-0.3, -0.25) is 9.69 Å². The smallest absolute Gasteiger partial charge is 0.257 e. The monoisotopic (exact) mass is 486 g/mol. The van der Waals surface area contributed by atoms with Crippen LogP contribution < -0.4 is 10.1 Å². The van der Waals surface area contributed by atoms with Gasteiger partial charge in [0.2, 0.25) is 5.89 Å². The van der Waals surface area contributed by atoms with Crippen LogP contribution in [0.25, 0.3) is 17.0 Å². The van der Waals surface area contributed by atoms with Crippen LogP contribution in [0.15, 0.2) is 77.2 Å². The largest absolute Gasteiger partial charge is 0.483 e. The molecule has 1 atom stereocenters. The minimum Gasteiger partial charge on any atom is -0.483 e. The molecule has 4 rings (SSSR count). The summed E-state index contributed by atoms with van der Waals surface area (Å²) >= 11 is 0. The van der Waals surface area contributed by atoms with Crippen LogP contribution >= 0.6 is 0 Å². The van der Waals surface area contributed by atoms with Gasteiger partial charge < -0.3 is 14.5 Å². The maximum Gasteiger partial charge on any atom is 0.257 e. The molecular weight excluding hydrogens is 452 g/mol. The summed E-state index contributed by atoms with van der Waals surface area (Å²) in [7, 11) is 0. The van der Waals surface area contributed by atoms with E-state index in [4.69, 9.17) is 9.15 Å². The van der Waals surface area contributed by atoms with Crippen LogP contribution in [0.3, 0.4) is 0 Å². The molecule has 0 spiro atoms.